The molecule has 0 spiro atoms. The van der Waals surface area contributed by atoms with Gasteiger partial charge in [0.15, 0.2) is 0 Å². The predicted octanol–water partition coefficient (Wildman–Crippen LogP) is 9.73. The zero-order chi connectivity index (χ0) is 27.0. The van der Waals surface area contributed by atoms with E-state index >= 15 is 0 Å². The summed E-state index contributed by atoms with van der Waals surface area (Å²) in [5.41, 5.74) is 0. The molecule has 0 aliphatic heterocycles. The summed E-state index contributed by atoms with van der Waals surface area (Å²) in [7, 11) is 2.16. The lowest BCUT2D eigenvalue weighted by Gasteiger charge is -2.15. The first kappa shape index (κ1) is 37.3. The molecule has 0 saturated heterocycles. The maximum absolute atomic E-state index is 10.4. The van der Waals surface area contributed by atoms with Crippen molar-refractivity contribution in [3.05, 3.63) is 12.2 Å². The molecule has 0 saturated carbocycles. The third-order valence-electron chi connectivity index (χ3n) is 6.60. The van der Waals surface area contributed by atoms with Crippen LogP contribution >= 0.6 is 0 Å². The van der Waals surface area contributed by atoms with Crippen molar-refractivity contribution in [3.8, 4) is 0 Å². The highest BCUT2D eigenvalue weighted by Gasteiger charge is 1.97. The molecule has 4 nitrogen and oxygen atoms in total. The summed E-state index contributed by atoms with van der Waals surface area (Å²) in [4.78, 5) is 12.7. The molecule has 0 unspecified atom stereocenters. The van der Waals surface area contributed by atoms with Crippen molar-refractivity contribution in [2.45, 2.75) is 162 Å². The van der Waals surface area contributed by atoms with E-state index in [0.29, 0.717) is 6.42 Å². The quantitative estimate of drug-likeness (QED) is 0.0656. The number of nitrogens with one attached hydrogen (secondary N) is 1. The van der Waals surface area contributed by atoms with E-state index in [0.717, 1.165) is 19.5 Å². The van der Waals surface area contributed by atoms with Gasteiger partial charge in [0.1, 0.15) is 0 Å². The third kappa shape index (κ3) is 37.7. The van der Waals surface area contributed by atoms with Gasteiger partial charge in [0.05, 0.1) is 0 Å². The van der Waals surface area contributed by atoms with Gasteiger partial charge >= 0.3 is 5.97 Å². The van der Waals surface area contributed by atoms with Gasteiger partial charge in [-0.3, -0.25) is 9.69 Å². The fourth-order valence-corrected chi connectivity index (χ4v) is 4.28. The van der Waals surface area contributed by atoms with Crippen molar-refractivity contribution < 1.29 is 9.90 Å². The number of carboxylic acid groups (broad SMARTS) is 1. The zero-order valence-electron chi connectivity index (χ0n) is 25.1. The van der Waals surface area contributed by atoms with Gasteiger partial charge in [0.2, 0.25) is 0 Å². The Bertz CT molecular complexity index is 440. The molecule has 2 N–H and O–H groups in total. The van der Waals surface area contributed by atoms with Crippen molar-refractivity contribution in [3.63, 3.8) is 0 Å². The summed E-state index contributed by atoms with van der Waals surface area (Å²) < 4.78 is 0. The summed E-state index contributed by atoms with van der Waals surface area (Å²) in [5.74, 6) is -0.656. The molecule has 0 aliphatic rings. The molecule has 0 rings (SSSR count). The van der Waals surface area contributed by atoms with Crippen molar-refractivity contribution in [1.82, 2.24) is 10.2 Å². The second-order valence-electron chi connectivity index (χ2n) is 10.6. The Morgan fingerprint density at radius 2 is 1.08 bits per heavy atom. The number of rotatable bonds is 27. The highest BCUT2D eigenvalue weighted by Crippen LogP contribution is 2.12. The largest absolute Gasteiger partial charge is 0.481 e. The number of aliphatic carboxylic acids is 1. The molecular weight excluding hydrogens is 444 g/mol. The van der Waals surface area contributed by atoms with Crippen LogP contribution in [0.25, 0.3) is 0 Å². The molecule has 0 aromatic heterocycles. The van der Waals surface area contributed by atoms with Crippen LogP contribution in [0.4, 0.5) is 0 Å². The number of carbonyl (C=O) groups is 1. The van der Waals surface area contributed by atoms with E-state index < -0.39 is 5.97 Å². The van der Waals surface area contributed by atoms with Gasteiger partial charge < -0.3 is 10.4 Å². The minimum atomic E-state index is -0.656. The summed E-state index contributed by atoms with van der Waals surface area (Å²) >= 11 is 0. The SMILES string of the molecule is CCCCCCCC/C=C\CCCCCCCCCCCC(=O)O.CCCCCNCN(C)CCC. The van der Waals surface area contributed by atoms with Crippen LogP contribution < -0.4 is 5.32 Å². The van der Waals surface area contributed by atoms with E-state index in [1.54, 1.807) is 0 Å². The monoisotopic (exact) mass is 511 g/mol. The van der Waals surface area contributed by atoms with Gasteiger partial charge in [-0.2, -0.15) is 0 Å². The predicted molar refractivity (Wildman–Crippen MR) is 161 cm³/mol. The van der Waals surface area contributed by atoms with Crippen LogP contribution in [0.3, 0.4) is 0 Å². The molecule has 0 aromatic rings. The Kier molecular flexibility index (Phi) is 35.3. The smallest absolute Gasteiger partial charge is 0.303 e. The van der Waals surface area contributed by atoms with Gasteiger partial charge in [-0.15, -0.1) is 0 Å². The molecule has 0 aliphatic carbocycles. The Hall–Kier alpha value is -0.870. The summed E-state index contributed by atoms with van der Waals surface area (Å²) in [6.45, 7) is 10.1. The second kappa shape index (κ2) is 34.1. The summed E-state index contributed by atoms with van der Waals surface area (Å²) in [6.07, 6.45) is 32.3. The van der Waals surface area contributed by atoms with Crippen LogP contribution in [0.1, 0.15) is 162 Å². The minimum absolute atomic E-state index is 0.340. The van der Waals surface area contributed by atoms with Crippen molar-refractivity contribution >= 4 is 5.97 Å². The minimum Gasteiger partial charge on any atom is -0.481 e. The summed E-state index contributed by atoms with van der Waals surface area (Å²) in [6, 6.07) is 0. The highest BCUT2D eigenvalue weighted by atomic mass is 16.4. The van der Waals surface area contributed by atoms with Crippen molar-refractivity contribution in [2.75, 3.05) is 26.8 Å². The Balaban J connectivity index is 0. The molecule has 0 bridgehead atoms. The van der Waals surface area contributed by atoms with E-state index in [2.05, 4.69) is 50.2 Å². The van der Waals surface area contributed by atoms with E-state index in [-0.39, 0.29) is 0 Å². The van der Waals surface area contributed by atoms with Gasteiger partial charge in [0.25, 0.3) is 0 Å². The highest BCUT2D eigenvalue weighted by molar-refractivity contribution is 5.66. The Morgan fingerprint density at radius 3 is 1.56 bits per heavy atom. The average Bonchev–Trinajstić information content (AvgIpc) is 2.86. The first-order chi connectivity index (χ1) is 17.6. The van der Waals surface area contributed by atoms with Gasteiger partial charge in [-0.25, -0.2) is 0 Å². The lowest BCUT2D eigenvalue weighted by Crippen LogP contribution is -2.32. The molecule has 216 valence electrons. The van der Waals surface area contributed by atoms with Crippen molar-refractivity contribution in [1.29, 1.82) is 0 Å². The van der Waals surface area contributed by atoms with E-state index in [9.17, 15) is 4.79 Å². The Morgan fingerprint density at radius 1 is 0.639 bits per heavy atom. The molecule has 0 heterocycles. The fourth-order valence-electron chi connectivity index (χ4n) is 4.28. The molecule has 0 amide bonds. The normalized spacial score (nSPS) is 11.2. The zero-order valence-corrected chi connectivity index (χ0v) is 25.1. The standard InChI is InChI=1S/C22H42O2.C10H24N2/c1-2-3-4-5-6-7-8-9-10-11-12-13-14-15-16-17-18-19-20-21-22(23)24;1-4-6-7-8-11-10-12(3)9-5-2/h9-10H,2-8,11-21H2,1H3,(H,23,24);11H,4-10H2,1-3H3/b10-9-;. The molecule has 0 fully saturated rings. The molecule has 0 atom stereocenters. The van der Waals surface area contributed by atoms with Crippen LogP contribution in [0.2, 0.25) is 0 Å². The topological polar surface area (TPSA) is 52.6 Å². The molecule has 0 radical (unpaired) electrons. The first-order valence-corrected chi connectivity index (χ1v) is 15.8. The van der Waals surface area contributed by atoms with Crippen LogP contribution in [-0.2, 0) is 4.79 Å². The maximum Gasteiger partial charge on any atom is 0.303 e. The molecular formula is C32H66N2O2. The lowest BCUT2D eigenvalue weighted by atomic mass is 10.1. The van der Waals surface area contributed by atoms with Gasteiger partial charge in [0, 0.05) is 13.1 Å². The summed E-state index contributed by atoms with van der Waals surface area (Å²) in [5, 5.41) is 12.0. The van der Waals surface area contributed by atoms with Crippen LogP contribution in [0.5, 0.6) is 0 Å². The molecule has 36 heavy (non-hydrogen) atoms. The number of nitrogens with zero attached hydrogens (tertiary/aromatic N) is 1. The van der Waals surface area contributed by atoms with E-state index in [1.807, 2.05) is 0 Å². The molecule has 0 aromatic carbocycles. The van der Waals surface area contributed by atoms with Gasteiger partial charge in [-0.1, -0.05) is 123 Å². The van der Waals surface area contributed by atoms with Gasteiger partial charge in [-0.05, 0) is 65.1 Å². The number of hydrogen-bond acceptors (Lipinski definition) is 3. The second-order valence-corrected chi connectivity index (χ2v) is 10.6. The third-order valence-corrected chi connectivity index (χ3v) is 6.60. The number of carboxylic acids is 1. The average molecular weight is 511 g/mol. The Labute approximate surface area is 227 Å². The van der Waals surface area contributed by atoms with E-state index in [4.69, 9.17) is 5.11 Å². The fraction of sp³-hybridized carbons (Fsp3) is 0.906. The van der Waals surface area contributed by atoms with Crippen LogP contribution in [-0.4, -0.2) is 42.8 Å². The number of allylic oxidation sites excluding steroid dienone is 2. The lowest BCUT2D eigenvalue weighted by molar-refractivity contribution is -0.137. The van der Waals surface area contributed by atoms with E-state index in [1.165, 1.54) is 135 Å². The number of unbranched alkanes of at least 4 members (excludes halogenated alkanes) is 17. The van der Waals surface area contributed by atoms with Crippen LogP contribution in [0, 0.1) is 0 Å². The molecule has 4 heteroatoms. The van der Waals surface area contributed by atoms with Crippen LogP contribution in [0.15, 0.2) is 12.2 Å². The maximum atomic E-state index is 10.4. The first-order valence-electron chi connectivity index (χ1n) is 15.8. The number of hydrogen-bond donors (Lipinski definition) is 2. The van der Waals surface area contributed by atoms with Crippen molar-refractivity contribution in [2.24, 2.45) is 0 Å².